The Morgan fingerprint density at radius 3 is 1.50 bits per heavy atom. The summed E-state index contributed by atoms with van der Waals surface area (Å²) in [4.78, 5) is 47.4. The lowest BCUT2D eigenvalue weighted by atomic mass is 10.0. The molecule has 0 aliphatic carbocycles. The molecule has 2 unspecified atom stereocenters. The fraction of sp³-hybridized carbons (Fsp3) is 0.822. The second-order valence-corrected chi connectivity index (χ2v) is 15.1. The molecule has 0 aromatic heterocycles. The van der Waals surface area contributed by atoms with Crippen molar-refractivity contribution in [3.8, 4) is 0 Å². The molecule has 9 heteroatoms. The summed E-state index contributed by atoms with van der Waals surface area (Å²) in [5.74, 6) is -2.33. The molecule has 314 valence electrons. The second kappa shape index (κ2) is 40.0. The summed E-state index contributed by atoms with van der Waals surface area (Å²) in [6.45, 7) is 3.48. The van der Waals surface area contributed by atoms with Gasteiger partial charge in [0.1, 0.15) is 12.1 Å². The van der Waals surface area contributed by atoms with Crippen LogP contribution in [-0.2, 0) is 23.9 Å². The Morgan fingerprint density at radius 1 is 0.556 bits per heavy atom. The Morgan fingerprint density at radius 2 is 1.00 bits per heavy atom. The maximum absolute atomic E-state index is 12.7. The zero-order valence-electron chi connectivity index (χ0n) is 34.7. The van der Waals surface area contributed by atoms with E-state index in [1.165, 1.54) is 116 Å². The van der Waals surface area contributed by atoms with Crippen LogP contribution in [0.15, 0.2) is 24.3 Å². The molecule has 0 rings (SSSR count). The van der Waals surface area contributed by atoms with E-state index in [-0.39, 0.29) is 24.5 Å². The zero-order valence-corrected chi connectivity index (χ0v) is 34.7. The van der Waals surface area contributed by atoms with Crippen molar-refractivity contribution in [2.75, 3.05) is 13.2 Å². The zero-order chi connectivity index (χ0) is 39.7. The number of unbranched alkanes of at least 4 members (excludes halogenated alkanes) is 24. The first kappa shape index (κ1) is 51.3. The van der Waals surface area contributed by atoms with Crippen LogP contribution in [0.1, 0.15) is 213 Å². The van der Waals surface area contributed by atoms with Crippen LogP contribution in [0.4, 0.5) is 0 Å². The third kappa shape index (κ3) is 36.3. The molecule has 4 N–H and O–H groups in total. The van der Waals surface area contributed by atoms with Crippen molar-refractivity contribution in [1.82, 2.24) is 10.6 Å². The number of carbonyl (C=O) groups is 4. The lowest BCUT2D eigenvalue weighted by molar-refractivity contribution is -0.147. The van der Waals surface area contributed by atoms with Gasteiger partial charge >= 0.3 is 11.9 Å². The summed E-state index contributed by atoms with van der Waals surface area (Å²) in [6.07, 6.45) is 43.7. The van der Waals surface area contributed by atoms with Gasteiger partial charge in [0, 0.05) is 12.8 Å². The second-order valence-electron chi connectivity index (χ2n) is 15.1. The lowest BCUT2D eigenvalue weighted by Crippen LogP contribution is -2.47. The molecule has 0 aromatic carbocycles. The van der Waals surface area contributed by atoms with Crippen LogP contribution in [0, 0.1) is 0 Å². The molecular weight excluding hydrogens is 681 g/mol. The number of allylic oxidation sites excluding steroid dienone is 3. The Labute approximate surface area is 330 Å². The Bertz CT molecular complexity index is 968. The van der Waals surface area contributed by atoms with Gasteiger partial charge in [-0.05, 0) is 70.3 Å². The van der Waals surface area contributed by atoms with Crippen molar-refractivity contribution < 1.29 is 34.1 Å². The van der Waals surface area contributed by atoms with Crippen LogP contribution in [0.2, 0.25) is 0 Å². The molecule has 0 bridgehead atoms. The average Bonchev–Trinajstić information content (AvgIpc) is 3.15. The summed E-state index contributed by atoms with van der Waals surface area (Å²) in [7, 11) is 0. The van der Waals surface area contributed by atoms with Gasteiger partial charge in [0.25, 0.3) is 0 Å². The Kier molecular flexibility index (Phi) is 38.0. The van der Waals surface area contributed by atoms with Crippen molar-refractivity contribution in [3.63, 3.8) is 0 Å². The third-order valence-electron chi connectivity index (χ3n) is 9.91. The summed E-state index contributed by atoms with van der Waals surface area (Å²) in [5, 5.41) is 22.5. The van der Waals surface area contributed by atoms with E-state index in [4.69, 9.17) is 14.9 Å². The van der Waals surface area contributed by atoms with E-state index >= 15 is 0 Å². The maximum Gasteiger partial charge on any atom is 0.328 e. The molecule has 54 heavy (non-hydrogen) atoms. The van der Waals surface area contributed by atoms with Crippen molar-refractivity contribution in [2.45, 2.75) is 225 Å². The largest absolute Gasteiger partial charge is 0.480 e. The quantitative estimate of drug-likeness (QED) is 0.0276. The molecule has 2 amide bonds. The Hall–Kier alpha value is -2.68. The topological polar surface area (TPSA) is 142 Å². The van der Waals surface area contributed by atoms with E-state index in [0.29, 0.717) is 19.3 Å². The molecule has 0 aromatic rings. The predicted octanol–water partition coefficient (Wildman–Crippen LogP) is 10.8. The van der Waals surface area contributed by atoms with Crippen LogP contribution >= 0.6 is 0 Å². The first-order valence-electron chi connectivity index (χ1n) is 22.2. The first-order valence-corrected chi connectivity index (χ1v) is 22.2. The minimum absolute atomic E-state index is 0.0836. The summed E-state index contributed by atoms with van der Waals surface area (Å²) >= 11 is 0. The Balaban J connectivity index is 4.25. The van der Waals surface area contributed by atoms with E-state index in [1.54, 1.807) is 0 Å². The standard InChI is InChI=1S/C45H82N2O7/c1-3-5-7-9-11-13-14-15-16-17-18-19-21-23-29-33-37-44(51)54-40(34-30-26-22-20-12-10-8-6-4-2)35-31-27-24-25-28-32-36-42(49)46-38-43(50)47-41(39-48)45(52)53/h16-17,30,34,40-41,48H,3-15,18-29,31-33,35-39H2,1-2H3,(H,46,49)(H,47,50)(H,52,53)/b17-16-,34-30-. The van der Waals surface area contributed by atoms with Gasteiger partial charge in [-0.2, -0.15) is 0 Å². The number of carboxylic acids is 1. The number of aliphatic hydroxyl groups is 1. The molecule has 0 spiro atoms. The maximum atomic E-state index is 12.7. The number of amides is 2. The van der Waals surface area contributed by atoms with Crippen LogP contribution in [0.5, 0.6) is 0 Å². The SMILES string of the molecule is CCCCCCCCC/C=C\CCCCCCCC(=O)OC(/C=C\CCCCCCCCC)CCCCCCCCC(=O)NCC(=O)NC(CO)C(=O)O. The van der Waals surface area contributed by atoms with Crippen LogP contribution in [-0.4, -0.2) is 59.3 Å². The van der Waals surface area contributed by atoms with Crippen LogP contribution in [0.25, 0.3) is 0 Å². The molecule has 0 saturated carbocycles. The number of aliphatic hydroxyl groups excluding tert-OH is 1. The van der Waals surface area contributed by atoms with Gasteiger partial charge in [0.05, 0.1) is 13.2 Å². The van der Waals surface area contributed by atoms with Gasteiger partial charge in [-0.1, -0.05) is 154 Å². The highest BCUT2D eigenvalue weighted by Gasteiger charge is 2.18. The number of hydrogen-bond donors (Lipinski definition) is 4. The van der Waals surface area contributed by atoms with Crippen molar-refractivity contribution in [1.29, 1.82) is 0 Å². The molecule has 0 radical (unpaired) electrons. The summed E-state index contributed by atoms with van der Waals surface area (Å²) < 4.78 is 5.95. The van der Waals surface area contributed by atoms with Crippen LogP contribution in [0.3, 0.4) is 0 Å². The van der Waals surface area contributed by atoms with Crippen LogP contribution < -0.4 is 10.6 Å². The number of ether oxygens (including phenoxy) is 1. The smallest absolute Gasteiger partial charge is 0.328 e. The molecule has 0 fully saturated rings. The highest BCUT2D eigenvalue weighted by atomic mass is 16.5. The van der Waals surface area contributed by atoms with Gasteiger partial charge in [0.2, 0.25) is 11.8 Å². The molecule has 2 atom stereocenters. The summed E-state index contributed by atoms with van der Waals surface area (Å²) in [5.41, 5.74) is 0. The monoisotopic (exact) mass is 763 g/mol. The van der Waals surface area contributed by atoms with Crippen molar-refractivity contribution in [2.24, 2.45) is 0 Å². The molecule has 0 heterocycles. The number of carboxylic acid groups (broad SMARTS) is 1. The van der Waals surface area contributed by atoms with E-state index in [2.05, 4.69) is 48.8 Å². The van der Waals surface area contributed by atoms with Gasteiger partial charge < -0.3 is 25.6 Å². The highest BCUT2D eigenvalue weighted by Crippen LogP contribution is 2.16. The molecule has 9 nitrogen and oxygen atoms in total. The van der Waals surface area contributed by atoms with E-state index < -0.39 is 24.5 Å². The minimum Gasteiger partial charge on any atom is -0.480 e. The van der Waals surface area contributed by atoms with Gasteiger partial charge in [-0.25, -0.2) is 4.79 Å². The number of esters is 1. The van der Waals surface area contributed by atoms with Crippen molar-refractivity contribution in [3.05, 3.63) is 24.3 Å². The minimum atomic E-state index is -1.38. The first-order chi connectivity index (χ1) is 26.3. The molecular formula is C45H82N2O7. The van der Waals surface area contributed by atoms with E-state index in [9.17, 15) is 19.2 Å². The van der Waals surface area contributed by atoms with E-state index in [1.807, 2.05) is 0 Å². The number of aliphatic carboxylic acids is 1. The molecule has 0 aliphatic heterocycles. The van der Waals surface area contributed by atoms with Crippen molar-refractivity contribution >= 4 is 23.8 Å². The predicted molar refractivity (Wildman–Crippen MR) is 222 cm³/mol. The van der Waals surface area contributed by atoms with Gasteiger partial charge in [-0.3, -0.25) is 14.4 Å². The van der Waals surface area contributed by atoms with Gasteiger partial charge in [-0.15, -0.1) is 0 Å². The van der Waals surface area contributed by atoms with E-state index in [0.717, 1.165) is 64.2 Å². The number of carbonyl (C=O) groups excluding carboxylic acids is 3. The lowest BCUT2D eigenvalue weighted by Gasteiger charge is -2.15. The fourth-order valence-corrected chi connectivity index (χ4v) is 6.44. The molecule has 0 aliphatic rings. The fourth-order valence-electron chi connectivity index (χ4n) is 6.44. The number of rotatable bonds is 40. The molecule has 0 saturated heterocycles. The third-order valence-corrected chi connectivity index (χ3v) is 9.91. The normalized spacial score (nSPS) is 12.6. The highest BCUT2D eigenvalue weighted by molar-refractivity contribution is 5.87. The van der Waals surface area contributed by atoms with Gasteiger partial charge in [0.15, 0.2) is 0 Å². The number of nitrogens with one attached hydrogen (secondary N) is 2. The number of hydrogen-bond acceptors (Lipinski definition) is 6. The average molecular weight is 763 g/mol. The summed E-state index contributed by atoms with van der Waals surface area (Å²) in [6, 6.07) is -1.38.